The van der Waals surface area contributed by atoms with Gasteiger partial charge in [-0.15, -0.1) is 11.6 Å². The number of alkyl halides is 1. The summed E-state index contributed by atoms with van der Waals surface area (Å²) in [6, 6.07) is 8.75. The van der Waals surface area contributed by atoms with Gasteiger partial charge in [-0.25, -0.2) is 0 Å². The fraction of sp³-hybridized carbons (Fsp3) is 0.611. The molecule has 1 saturated carbocycles. The van der Waals surface area contributed by atoms with Crippen LogP contribution in [0.25, 0.3) is 0 Å². The Morgan fingerprint density at radius 1 is 1.14 bits per heavy atom. The molecule has 0 aliphatic heterocycles. The second kappa shape index (κ2) is 6.39. The summed E-state index contributed by atoms with van der Waals surface area (Å²) in [5.74, 6) is 0.428. The van der Waals surface area contributed by atoms with Crippen LogP contribution in [0.15, 0.2) is 24.3 Å². The van der Waals surface area contributed by atoms with Gasteiger partial charge in [0.1, 0.15) is 0 Å². The van der Waals surface area contributed by atoms with Gasteiger partial charge in [0.2, 0.25) is 5.91 Å². The van der Waals surface area contributed by atoms with Crippen molar-refractivity contribution in [2.45, 2.75) is 56.4 Å². The van der Waals surface area contributed by atoms with Crippen LogP contribution in [0, 0.1) is 5.92 Å². The first kappa shape index (κ1) is 14.9. The van der Waals surface area contributed by atoms with Gasteiger partial charge in [0.05, 0.1) is 5.38 Å². The predicted octanol–water partition coefficient (Wildman–Crippen LogP) is 3.80. The van der Waals surface area contributed by atoms with E-state index in [0.717, 1.165) is 32.1 Å². The van der Waals surface area contributed by atoms with Crippen molar-refractivity contribution in [3.63, 3.8) is 0 Å². The molecule has 3 unspecified atom stereocenters. The summed E-state index contributed by atoms with van der Waals surface area (Å²) in [7, 11) is 1.95. The summed E-state index contributed by atoms with van der Waals surface area (Å²) in [4.78, 5) is 14.8. The highest BCUT2D eigenvalue weighted by molar-refractivity contribution is 6.21. The van der Waals surface area contributed by atoms with Crippen LogP contribution >= 0.6 is 11.6 Å². The van der Waals surface area contributed by atoms with Crippen LogP contribution in [0.4, 0.5) is 0 Å². The molecule has 2 nitrogen and oxygen atoms in total. The number of carbonyl (C=O) groups excluding carboxylic acids is 1. The summed E-state index contributed by atoms with van der Waals surface area (Å²) in [5, 5.41) is 0.128. The van der Waals surface area contributed by atoms with Crippen LogP contribution in [-0.4, -0.2) is 29.3 Å². The second-order valence-corrected chi connectivity index (χ2v) is 7.09. The summed E-state index contributed by atoms with van der Waals surface area (Å²) in [5.41, 5.74) is 2.76. The van der Waals surface area contributed by atoms with E-state index < -0.39 is 0 Å². The monoisotopic (exact) mass is 305 g/mol. The lowest BCUT2D eigenvalue weighted by atomic mass is 9.82. The van der Waals surface area contributed by atoms with E-state index in [9.17, 15) is 4.79 Å². The Labute approximate surface area is 132 Å². The zero-order valence-corrected chi connectivity index (χ0v) is 13.5. The van der Waals surface area contributed by atoms with Gasteiger partial charge in [-0.05, 0) is 43.2 Å². The molecular weight excluding hydrogens is 282 g/mol. The Bertz CT molecular complexity index is 516. The quantitative estimate of drug-likeness (QED) is 0.761. The number of halogens is 1. The van der Waals surface area contributed by atoms with Gasteiger partial charge in [0, 0.05) is 19.0 Å². The minimum atomic E-state index is 0.128. The third-order valence-corrected chi connectivity index (χ3v) is 5.70. The van der Waals surface area contributed by atoms with Gasteiger partial charge in [0.25, 0.3) is 0 Å². The number of aryl methyl sites for hydroxylation is 1. The van der Waals surface area contributed by atoms with Crippen molar-refractivity contribution in [1.82, 2.24) is 4.90 Å². The molecule has 1 amide bonds. The van der Waals surface area contributed by atoms with Crippen molar-refractivity contribution in [2.24, 2.45) is 5.92 Å². The first-order chi connectivity index (χ1) is 10.2. The summed E-state index contributed by atoms with van der Waals surface area (Å²) in [6.07, 6.45) is 7.37. The third-order valence-electron chi connectivity index (χ3n) is 5.19. The minimum Gasteiger partial charge on any atom is -0.341 e. The van der Waals surface area contributed by atoms with E-state index in [0.29, 0.717) is 5.91 Å². The molecule has 114 valence electrons. The number of rotatable bonds is 2. The molecule has 3 atom stereocenters. The molecule has 0 heterocycles. The maximum atomic E-state index is 12.8. The maximum Gasteiger partial charge on any atom is 0.226 e. The molecule has 1 aromatic carbocycles. The highest BCUT2D eigenvalue weighted by atomic mass is 35.5. The van der Waals surface area contributed by atoms with Crippen LogP contribution in [-0.2, 0) is 17.6 Å². The Morgan fingerprint density at radius 3 is 2.62 bits per heavy atom. The van der Waals surface area contributed by atoms with Crippen molar-refractivity contribution in [3.05, 3.63) is 35.4 Å². The van der Waals surface area contributed by atoms with Crippen LogP contribution in [0.5, 0.6) is 0 Å². The molecule has 21 heavy (non-hydrogen) atoms. The van der Waals surface area contributed by atoms with Gasteiger partial charge >= 0.3 is 0 Å². The molecule has 1 fully saturated rings. The van der Waals surface area contributed by atoms with Gasteiger partial charge in [-0.2, -0.15) is 0 Å². The fourth-order valence-electron chi connectivity index (χ4n) is 3.86. The Morgan fingerprint density at radius 2 is 1.86 bits per heavy atom. The molecule has 0 radical (unpaired) electrons. The maximum absolute atomic E-state index is 12.8. The number of fused-ring (bicyclic) bond motifs is 1. The van der Waals surface area contributed by atoms with Gasteiger partial charge < -0.3 is 4.90 Å². The van der Waals surface area contributed by atoms with Gasteiger partial charge in [0.15, 0.2) is 0 Å². The van der Waals surface area contributed by atoms with Crippen LogP contribution in [0.3, 0.4) is 0 Å². The van der Waals surface area contributed by atoms with E-state index in [1.54, 1.807) is 0 Å². The summed E-state index contributed by atoms with van der Waals surface area (Å²) in [6.45, 7) is 0. The minimum absolute atomic E-state index is 0.128. The van der Waals surface area contributed by atoms with Crippen LogP contribution in [0.1, 0.15) is 43.2 Å². The van der Waals surface area contributed by atoms with E-state index in [-0.39, 0.29) is 17.3 Å². The predicted molar refractivity (Wildman–Crippen MR) is 86.6 cm³/mol. The number of hydrogen-bond acceptors (Lipinski definition) is 1. The second-order valence-electron chi connectivity index (χ2n) is 6.53. The van der Waals surface area contributed by atoms with Crippen molar-refractivity contribution in [1.29, 1.82) is 0 Å². The van der Waals surface area contributed by atoms with Crippen LogP contribution in [0.2, 0.25) is 0 Å². The Kier molecular flexibility index (Phi) is 4.54. The SMILES string of the molecule is CN(C(=O)C1CCc2ccccc2C1)C1CCCCC1Cl. The zero-order valence-electron chi connectivity index (χ0n) is 12.7. The summed E-state index contributed by atoms with van der Waals surface area (Å²) >= 11 is 6.45. The third kappa shape index (κ3) is 3.11. The smallest absolute Gasteiger partial charge is 0.226 e. The molecule has 2 aliphatic rings. The largest absolute Gasteiger partial charge is 0.341 e. The molecule has 0 aromatic heterocycles. The van der Waals surface area contributed by atoms with Crippen molar-refractivity contribution in [3.8, 4) is 0 Å². The molecule has 0 spiro atoms. The average Bonchev–Trinajstić information content (AvgIpc) is 2.53. The number of hydrogen-bond donors (Lipinski definition) is 0. The van der Waals surface area contributed by atoms with E-state index in [1.807, 2.05) is 11.9 Å². The lowest BCUT2D eigenvalue weighted by Gasteiger charge is -2.37. The standard InChI is InChI=1S/C18H24ClNO/c1-20(17-9-5-4-8-16(17)19)18(21)15-11-10-13-6-2-3-7-14(13)12-15/h2-3,6-7,15-17H,4-5,8-12H2,1H3. The Balaban J connectivity index is 1.68. The number of carbonyl (C=O) groups is 1. The topological polar surface area (TPSA) is 20.3 Å². The van der Waals surface area contributed by atoms with Crippen molar-refractivity contribution >= 4 is 17.5 Å². The number of nitrogens with zero attached hydrogens (tertiary/aromatic N) is 1. The zero-order chi connectivity index (χ0) is 14.8. The lowest BCUT2D eigenvalue weighted by Crippen LogP contribution is -2.47. The molecule has 0 saturated heterocycles. The van der Waals surface area contributed by atoms with E-state index in [2.05, 4.69) is 24.3 Å². The number of amides is 1. The summed E-state index contributed by atoms with van der Waals surface area (Å²) < 4.78 is 0. The molecule has 3 rings (SSSR count). The highest BCUT2D eigenvalue weighted by Crippen LogP contribution is 2.31. The van der Waals surface area contributed by atoms with E-state index in [4.69, 9.17) is 11.6 Å². The lowest BCUT2D eigenvalue weighted by molar-refractivity contribution is -0.137. The van der Waals surface area contributed by atoms with Crippen LogP contribution < -0.4 is 0 Å². The molecule has 0 bridgehead atoms. The first-order valence-corrected chi connectivity index (χ1v) is 8.58. The normalized spacial score (nSPS) is 28.8. The molecule has 1 aromatic rings. The van der Waals surface area contributed by atoms with Gasteiger partial charge in [-0.1, -0.05) is 37.1 Å². The number of benzene rings is 1. The first-order valence-electron chi connectivity index (χ1n) is 8.14. The molecule has 0 N–H and O–H groups in total. The van der Waals surface area contributed by atoms with Gasteiger partial charge in [-0.3, -0.25) is 4.79 Å². The Hall–Kier alpha value is -1.02. The van der Waals surface area contributed by atoms with Crippen molar-refractivity contribution in [2.75, 3.05) is 7.05 Å². The molecular formula is C18H24ClNO. The van der Waals surface area contributed by atoms with E-state index in [1.165, 1.54) is 24.0 Å². The fourth-order valence-corrected chi connectivity index (χ4v) is 4.31. The molecule has 2 aliphatic carbocycles. The van der Waals surface area contributed by atoms with Crippen molar-refractivity contribution < 1.29 is 4.79 Å². The highest BCUT2D eigenvalue weighted by Gasteiger charge is 2.33. The average molecular weight is 306 g/mol. The van der Waals surface area contributed by atoms with E-state index >= 15 is 0 Å². The molecule has 3 heteroatoms.